The van der Waals surface area contributed by atoms with Gasteiger partial charge in [0, 0.05) is 37.9 Å². The molecule has 1 aliphatic heterocycles. The SMILES string of the molecule is CN=C(NCC(=O)Nc1ccc(F)cc1)NC1CN(C2CC2)CC1C.I. The third kappa shape index (κ3) is 5.80. The molecule has 0 aromatic heterocycles. The first-order valence-corrected chi connectivity index (χ1v) is 8.82. The fourth-order valence-corrected chi connectivity index (χ4v) is 3.20. The smallest absolute Gasteiger partial charge is 0.243 e. The summed E-state index contributed by atoms with van der Waals surface area (Å²) in [7, 11) is 1.70. The van der Waals surface area contributed by atoms with Crippen molar-refractivity contribution in [1.82, 2.24) is 15.5 Å². The van der Waals surface area contributed by atoms with Gasteiger partial charge in [0.15, 0.2) is 5.96 Å². The first kappa shape index (κ1) is 20.9. The first-order chi connectivity index (χ1) is 12.0. The molecule has 3 N–H and O–H groups in total. The average Bonchev–Trinajstić information content (AvgIpc) is 3.38. The van der Waals surface area contributed by atoms with Gasteiger partial charge in [-0.25, -0.2) is 4.39 Å². The Bertz CT molecular complexity index is 635. The number of halogens is 2. The van der Waals surface area contributed by atoms with Gasteiger partial charge in [0.25, 0.3) is 0 Å². The van der Waals surface area contributed by atoms with Crippen LogP contribution in [0.3, 0.4) is 0 Å². The molecular formula is C18H27FIN5O. The molecule has 1 aliphatic carbocycles. The summed E-state index contributed by atoms with van der Waals surface area (Å²) >= 11 is 0. The molecule has 2 unspecified atom stereocenters. The van der Waals surface area contributed by atoms with Crippen molar-refractivity contribution in [2.75, 3.05) is 32.0 Å². The third-order valence-corrected chi connectivity index (χ3v) is 4.79. The lowest BCUT2D eigenvalue weighted by atomic mass is 10.1. The molecule has 3 rings (SSSR count). The van der Waals surface area contributed by atoms with Gasteiger partial charge in [-0.05, 0) is 43.0 Å². The zero-order valence-electron chi connectivity index (χ0n) is 15.2. The topological polar surface area (TPSA) is 68.8 Å². The molecule has 0 spiro atoms. The number of carbonyl (C=O) groups is 1. The maximum absolute atomic E-state index is 12.9. The first-order valence-electron chi connectivity index (χ1n) is 8.82. The van der Waals surface area contributed by atoms with Gasteiger partial charge in [-0.15, -0.1) is 24.0 Å². The highest BCUT2D eigenvalue weighted by atomic mass is 127. The average molecular weight is 475 g/mol. The van der Waals surface area contributed by atoms with E-state index in [4.69, 9.17) is 0 Å². The molecule has 2 atom stereocenters. The van der Waals surface area contributed by atoms with Crippen LogP contribution in [0.5, 0.6) is 0 Å². The van der Waals surface area contributed by atoms with Gasteiger partial charge in [0.1, 0.15) is 5.82 Å². The summed E-state index contributed by atoms with van der Waals surface area (Å²) in [5.41, 5.74) is 0.570. The van der Waals surface area contributed by atoms with E-state index in [1.807, 2.05) is 0 Å². The molecule has 0 bridgehead atoms. The molecule has 1 saturated heterocycles. The van der Waals surface area contributed by atoms with Crippen molar-refractivity contribution in [3.8, 4) is 0 Å². The Balaban J connectivity index is 0.00000243. The van der Waals surface area contributed by atoms with E-state index in [0.29, 0.717) is 23.6 Å². The fourth-order valence-electron chi connectivity index (χ4n) is 3.20. The van der Waals surface area contributed by atoms with Crippen LogP contribution < -0.4 is 16.0 Å². The minimum absolute atomic E-state index is 0. The van der Waals surface area contributed by atoms with Crippen molar-refractivity contribution in [3.05, 3.63) is 30.1 Å². The van der Waals surface area contributed by atoms with Crippen molar-refractivity contribution >= 4 is 41.5 Å². The number of likely N-dealkylation sites (tertiary alicyclic amines) is 1. The molecule has 0 radical (unpaired) electrons. The summed E-state index contributed by atoms with van der Waals surface area (Å²) < 4.78 is 12.9. The number of aliphatic imine (C=N–C) groups is 1. The second-order valence-electron chi connectivity index (χ2n) is 6.89. The summed E-state index contributed by atoms with van der Waals surface area (Å²) in [6, 6.07) is 6.81. The summed E-state index contributed by atoms with van der Waals surface area (Å²) in [6.45, 7) is 4.48. The third-order valence-electron chi connectivity index (χ3n) is 4.79. The second-order valence-corrected chi connectivity index (χ2v) is 6.89. The van der Waals surface area contributed by atoms with E-state index in [1.54, 1.807) is 7.05 Å². The fraction of sp³-hybridized carbons (Fsp3) is 0.556. The number of benzene rings is 1. The number of rotatable bonds is 5. The van der Waals surface area contributed by atoms with Crippen molar-refractivity contribution < 1.29 is 9.18 Å². The van der Waals surface area contributed by atoms with Gasteiger partial charge in [-0.3, -0.25) is 14.7 Å². The summed E-state index contributed by atoms with van der Waals surface area (Å²) in [4.78, 5) is 18.8. The van der Waals surface area contributed by atoms with Crippen LogP contribution in [-0.4, -0.2) is 55.5 Å². The quantitative estimate of drug-likeness (QED) is 0.347. The number of guanidine groups is 1. The van der Waals surface area contributed by atoms with E-state index >= 15 is 0 Å². The van der Waals surface area contributed by atoms with Gasteiger partial charge < -0.3 is 16.0 Å². The van der Waals surface area contributed by atoms with Crippen molar-refractivity contribution in [2.45, 2.75) is 31.8 Å². The van der Waals surface area contributed by atoms with Crippen LogP contribution in [0.2, 0.25) is 0 Å². The molecule has 26 heavy (non-hydrogen) atoms. The van der Waals surface area contributed by atoms with Crippen molar-refractivity contribution in [3.63, 3.8) is 0 Å². The molecule has 8 heteroatoms. The van der Waals surface area contributed by atoms with Crippen LogP contribution in [0.1, 0.15) is 19.8 Å². The van der Waals surface area contributed by atoms with Crippen LogP contribution in [0.4, 0.5) is 10.1 Å². The molecule has 144 valence electrons. The van der Waals surface area contributed by atoms with E-state index in [1.165, 1.54) is 37.1 Å². The highest BCUT2D eigenvalue weighted by Crippen LogP contribution is 2.31. The Morgan fingerprint density at radius 2 is 1.96 bits per heavy atom. The summed E-state index contributed by atoms with van der Waals surface area (Å²) in [6.07, 6.45) is 2.63. The molecule has 1 amide bonds. The summed E-state index contributed by atoms with van der Waals surface area (Å²) in [5.74, 6) is 0.649. The number of hydrogen-bond acceptors (Lipinski definition) is 3. The van der Waals surface area contributed by atoms with Crippen molar-refractivity contribution in [2.24, 2.45) is 10.9 Å². The molecule has 2 aliphatic rings. The number of carbonyl (C=O) groups excluding carboxylic acids is 1. The van der Waals surface area contributed by atoms with E-state index < -0.39 is 0 Å². The lowest BCUT2D eigenvalue weighted by molar-refractivity contribution is -0.115. The van der Waals surface area contributed by atoms with E-state index in [-0.39, 0.29) is 42.2 Å². The normalized spacial score (nSPS) is 23.3. The Morgan fingerprint density at radius 3 is 2.58 bits per heavy atom. The van der Waals surface area contributed by atoms with Crippen LogP contribution >= 0.6 is 24.0 Å². The molecule has 2 fully saturated rings. The molecule has 1 heterocycles. The predicted molar refractivity (Wildman–Crippen MR) is 112 cm³/mol. The molecule has 6 nitrogen and oxygen atoms in total. The lowest BCUT2D eigenvalue weighted by Gasteiger charge is -2.20. The second kappa shape index (κ2) is 9.50. The van der Waals surface area contributed by atoms with Gasteiger partial charge in [-0.1, -0.05) is 6.92 Å². The standard InChI is InChI=1S/C18H26FN5O.HI/c1-12-10-24(15-7-8-15)11-16(12)23-18(20-2)21-9-17(25)22-14-5-3-13(19)4-6-14;/h3-6,12,15-16H,7-11H2,1-2H3,(H,22,25)(H2,20,21,23);1H. The Labute approximate surface area is 171 Å². The Kier molecular flexibility index (Phi) is 7.63. The van der Waals surface area contributed by atoms with Gasteiger partial charge >= 0.3 is 0 Å². The monoisotopic (exact) mass is 475 g/mol. The molecule has 1 aromatic carbocycles. The van der Waals surface area contributed by atoms with Crippen LogP contribution in [0.15, 0.2) is 29.3 Å². The van der Waals surface area contributed by atoms with Crippen LogP contribution in [0, 0.1) is 11.7 Å². The van der Waals surface area contributed by atoms with Crippen molar-refractivity contribution in [1.29, 1.82) is 0 Å². The largest absolute Gasteiger partial charge is 0.352 e. The molecular weight excluding hydrogens is 448 g/mol. The number of anilines is 1. The maximum Gasteiger partial charge on any atom is 0.243 e. The Hall–Kier alpha value is -1.42. The number of nitrogens with zero attached hydrogens (tertiary/aromatic N) is 2. The minimum atomic E-state index is -0.327. The Morgan fingerprint density at radius 1 is 1.27 bits per heavy atom. The minimum Gasteiger partial charge on any atom is -0.352 e. The van der Waals surface area contributed by atoms with E-state index in [9.17, 15) is 9.18 Å². The van der Waals surface area contributed by atoms with Gasteiger partial charge in [-0.2, -0.15) is 0 Å². The van der Waals surface area contributed by atoms with Gasteiger partial charge in [0.05, 0.1) is 6.54 Å². The summed E-state index contributed by atoms with van der Waals surface area (Å²) in [5, 5.41) is 9.19. The number of hydrogen-bond donors (Lipinski definition) is 3. The number of amides is 1. The highest BCUT2D eigenvalue weighted by molar-refractivity contribution is 14.0. The van der Waals surface area contributed by atoms with E-state index in [2.05, 4.69) is 32.8 Å². The molecule has 1 aromatic rings. The highest BCUT2D eigenvalue weighted by Gasteiger charge is 2.38. The number of nitrogens with one attached hydrogen (secondary N) is 3. The zero-order valence-corrected chi connectivity index (χ0v) is 17.5. The lowest BCUT2D eigenvalue weighted by Crippen LogP contribution is -2.48. The van der Waals surface area contributed by atoms with Crippen LogP contribution in [-0.2, 0) is 4.79 Å². The zero-order chi connectivity index (χ0) is 17.8. The maximum atomic E-state index is 12.9. The van der Waals surface area contributed by atoms with Gasteiger partial charge in [0.2, 0.25) is 5.91 Å². The predicted octanol–water partition coefficient (Wildman–Crippen LogP) is 2.03. The van der Waals surface area contributed by atoms with E-state index in [0.717, 1.165) is 19.1 Å². The molecule has 1 saturated carbocycles. The van der Waals surface area contributed by atoms with Crippen LogP contribution in [0.25, 0.3) is 0 Å².